The number of aromatic nitrogens is 2. The summed E-state index contributed by atoms with van der Waals surface area (Å²) in [7, 11) is 3.25. The van der Waals surface area contributed by atoms with Crippen molar-refractivity contribution in [2.75, 3.05) is 39.7 Å². The smallest absolute Gasteiger partial charge is 0.243 e. The van der Waals surface area contributed by atoms with Crippen molar-refractivity contribution in [3.63, 3.8) is 0 Å². The van der Waals surface area contributed by atoms with Crippen LogP contribution in [0.15, 0.2) is 35.2 Å². The molecule has 0 spiro atoms. The molecule has 0 saturated carbocycles. The zero-order chi connectivity index (χ0) is 22.8. The number of amides is 1. The molecule has 0 aliphatic carbocycles. The Balaban J connectivity index is 1.98. The molecule has 31 heavy (non-hydrogen) atoms. The van der Waals surface area contributed by atoms with E-state index >= 15 is 0 Å². The number of hydrogen-bond acceptors (Lipinski definition) is 7. The molecule has 2 aromatic rings. The van der Waals surface area contributed by atoms with Crippen molar-refractivity contribution in [2.45, 2.75) is 37.2 Å². The van der Waals surface area contributed by atoms with E-state index in [2.05, 4.69) is 9.97 Å². The van der Waals surface area contributed by atoms with Gasteiger partial charge < -0.3 is 14.5 Å². The molecule has 1 aliphatic rings. The number of benzene rings is 1. The largest absolute Gasteiger partial charge is 0.497 e. The first kappa shape index (κ1) is 23.0. The van der Waals surface area contributed by atoms with Crippen molar-refractivity contribution in [2.24, 2.45) is 0 Å². The van der Waals surface area contributed by atoms with Gasteiger partial charge in [0.25, 0.3) is 0 Å². The van der Waals surface area contributed by atoms with Crippen LogP contribution in [0.2, 0.25) is 0 Å². The van der Waals surface area contributed by atoms with E-state index in [1.165, 1.54) is 18.3 Å². The summed E-state index contributed by atoms with van der Waals surface area (Å²) >= 11 is 0. The average Bonchev–Trinajstić information content (AvgIpc) is 3.24. The van der Waals surface area contributed by atoms with Gasteiger partial charge >= 0.3 is 0 Å². The Bertz CT molecular complexity index is 1040. The Hall–Kier alpha value is -2.72. The standard InChI is InChI=1S/C21H29N5O4S/c1-15(27)25(4)14-16-13-20(24(2)3)23-21(22-16)19-7-6-12-26(19)31(28,29)18-10-8-17(30-5)9-11-18/h8-11,13,19H,6-7,12,14H2,1-5H3/t19-/m1/s1. The van der Waals surface area contributed by atoms with Gasteiger partial charge in [0.2, 0.25) is 15.9 Å². The molecule has 1 fully saturated rings. The van der Waals surface area contributed by atoms with E-state index in [-0.39, 0.29) is 10.8 Å². The summed E-state index contributed by atoms with van der Waals surface area (Å²) in [5.41, 5.74) is 0.667. The highest BCUT2D eigenvalue weighted by atomic mass is 32.2. The Morgan fingerprint density at radius 2 is 1.87 bits per heavy atom. The average molecular weight is 448 g/mol. The molecular formula is C21H29N5O4S. The molecule has 10 heteroatoms. The van der Waals surface area contributed by atoms with Crippen molar-refractivity contribution < 1.29 is 17.9 Å². The minimum Gasteiger partial charge on any atom is -0.497 e. The molecule has 2 heterocycles. The predicted molar refractivity (Wildman–Crippen MR) is 117 cm³/mol. The number of carbonyl (C=O) groups excluding carboxylic acids is 1. The van der Waals surface area contributed by atoms with Crippen molar-refractivity contribution in [3.05, 3.63) is 41.9 Å². The summed E-state index contributed by atoms with van der Waals surface area (Å²) in [6.45, 7) is 2.22. The van der Waals surface area contributed by atoms with Crippen molar-refractivity contribution in [1.29, 1.82) is 0 Å². The van der Waals surface area contributed by atoms with Crippen molar-refractivity contribution in [1.82, 2.24) is 19.2 Å². The highest BCUT2D eigenvalue weighted by Gasteiger charge is 2.38. The fourth-order valence-corrected chi connectivity index (χ4v) is 5.14. The number of carbonyl (C=O) groups is 1. The third-order valence-corrected chi connectivity index (χ3v) is 7.27. The molecule has 0 unspecified atom stereocenters. The second kappa shape index (κ2) is 9.19. The zero-order valence-electron chi connectivity index (χ0n) is 18.6. The molecule has 168 valence electrons. The molecule has 0 bridgehead atoms. The molecule has 1 aromatic heterocycles. The Morgan fingerprint density at radius 3 is 2.45 bits per heavy atom. The lowest BCUT2D eigenvalue weighted by Crippen LogP contribution is -2.32. The van der Waals surface area contributed by atoms with Crippen LogP contribution in [-0.4, -0.2) is 68.3 Å². The van der Waals surface area contributed by atoms with E-state index in [4.69, 9.17) is 4.74 Å². The second-order valence-corrected chi connectivity index (χ2v) is 9.69. The summed E-state index contributed by atoms with van der Waals surface area (Å²) in [5.74, 6) is 1.65. The summed E-state index contributed by atoms with van der Waals surface area (Å²) in [5, 5.41) is 0. The van der Waals surface area contributed by atoms with Crippen LogP contribution in [0.25, 0.3) is 0 Å². The van der Waals surface area contributed by atoms with E-state index in [1.807, 2.05) is 25.1 Å². The molecule has 0 N–H and O–H groups in total. The molecule has 1 amide bonds. The maximum atomic E-state index is 13.4. The van der Waals surface area contributed by atoms with Gasteiger partial charge in [-0.1, -0.05) is 0 Å². The topological polar surface area (TPSA) is 95.9 Å². The number of methoxy groups -OCH3 is 1. The van der Waals surface area contributed by atoms with Crippen LogP contribution in [0, 0.1) is 0 Å². The summed E-state index contributed by atoms with van der Waals surface area (Å²) in [6, 6.07) is 7.73. The van der Waals surface area contributed by atoms with Gasteiger partial charge in [-0.2, -0.15) is 4.31 Å². The number of nitrogens with zero attached hydrogens (tertiary/aromatic N) is 5. The Kier molecular flexibility index (Phi) is 6.80. The fraction of sp³-hybridized carbons (Fsp3) is 0.476. The number of rotatable bonds is 7. The highest BCUT2D eigenvalue weighted by Crippen LogP contribution is 2.36. The van der Waals surface area contributed by atoms with Crippen LogP contribution in [0.1, 0.15) is 37.3 Å². The fourth-order valence-electron chi connectivity index (χ4n) is 3.49. The first-order valence-corrected chi connectivity index (χ1v) is 11.5. The SMILES string of the molecule is COc1ccc(S(=O)(=O)N2CCC[C@@H]2c2nc(CN(C)C(C)=O)cc(N(C)C)n2)cc1. The first-order valence-electron chi connectivity index (χ1n) is 10.1. The van der Waals surface area contributed by atoms with Gasteiger partial charge in [-0.25, -0.2) is 18.4 Å². The number of hydrogen-bond donors (Lipinski definition) is 0. The normalized spacial score (nSPS) is 16.9. The molecule has 3 rings (SSSR count). The molecule has 9 nitrogen and oxygen atoms in total. The summed E-state index contributed by atoms with van der Waals surface area (Å²) in [6.07, 6.45) is 1.35. The number of ether oxygens (including phenoxy) is 1. The Labute approximate surface area is 183 Å². The number of anilines is 1. The maximum Gasteiger partial charge on any atom is 0.243 e. The quantitative estimate of drug-likeness (QED) is 0.641. The van der Waals surface area contributed by atoms with Gasteiger partial charge in [0.1, 0.15) is 17.4 Å². The van der Waals surface area contributed by atoms with Crippen LogP contribution >= 0.6 is 0 Å². The lowest BCUT2D eigenvalue weighted by Gasteiger charge is -2.25. The lowest BCUT2D eigenvalue weighted by atomic mass is 10.2. The van der Waals surface area contributed by atoms with Crippen LogP contribution in [0.5, 0.6) is 5.75 Å². The van der Waals surface area contributed by atoms with Gasteiger partial charge in [0, 0.05) is 40.7 Å². The summed E-state index contributed by atoms with van der Waals surface area (Å²) in [4.78, 5) is 24.6. The summed E-state index contributed by atoms with van der Waals surface area (Å²) < 4.78 is 33.3. The first-order chi connectivity index (χ1) is 14.6. The highest BCUT2D eigenvalue weighted by molar-refractivity contribution is 7.89. The minimum atomic E-state index is -3.72. The molecule has 1 aromatic carbocycles. The van der Waals surface area contributed by atoms with Crippen molar-refractivity contribution in [3.8, 4) is 5.75 Å². The lowest BCUT2D eigenvalue weighted by molar-refractivity contribution is -0.128. The van der Waals surface area contributed by atoms with Gasteiger partial charge in [-0.3, -0.25) is 4.79 Å². The molecule has 0 radical (unpaired) electrons. The minimum absolute atomic E-state index is 0.0730. The maximum absolute atomic E-state index is 13.4. The third-order valence-electron chi connectivity index (χ3n) is 5.35. The van der Waals surface area contributed by atoms with Gasteiger partial charge in [-0.05, 0) is 37.1 Å². The van der Waals surface area contributed by atoms with Crippen LogP contribution in [-0.2, 0) is 21.4 Å². The van der Waals surface area contributed by atoms with E-state index in [1.54, 1.807) is 36.2 Å². The van der Waals surface area contributed by atoms with Gasteiger partial charge in [-0.15, -0.1) is 0 Å². The molecule has 1 atom stereocenters. The monoisotopic (exact) mass is 447 g/mol. The number of sulfonamides is 1. The van der Waals surface area contributed by atoms with Crippen LogP contribution in [0.3, 0.4) is 0 Å². The molecule has 1 aliphatic heterocycles. The zero-order valence-corrected chi connectivity index (χ0v) is 19.4. The third kappa shape index (κ3) is 4.96. The molecule has 1 saturated heterocycles. The van der Waals surface area contributed by atoms with E-state index in [0.717, 1.165) is 6.42 Å². The van der Waals surface area contributed by atoms with Crippen molar-refractivity contribution >= 4 is 21.7 Å². The van der Waals surface area contributed by atoms with Gasteiger partial charge in [0.05, 0.1) is 30.3 Å². The van der Waals surface area contributed by atoms with E-state index in [0.29, 0.717) is 42.6 Å². The predicted octanol–water partition coefficient (Wildman–Crippen LogP) is 2.06. The Morgan fingerprint density at radius 1 is 1.19 bits per heavy atom. The molecular weight excluding hydrogens is 418 g/mol. The van der Waals surface area contributed by atoms with E-state index < -0.39 is 16.1 Å². The van der Waals surface area contributed by atoms with E-state index in [9.17, 15) is 13.2 Å². The van der Waals surface area contributed by atoms with Crippen LogP contribution < -0.4 is 9.64 Å². The van der Waals surface area contributed by atoms with Gasteiger partial charge in [0.15, 0.2) is 0 Å². The second-order valence-electron chi connectivity index (χ2n) is 7.79. The van der Waals surface area contributed by atoms with Crippen LogP contribution in [0.4, 0.5) is 5.82 Å².